The summed E-state index contributed by atoms with van der Waals surface area (Å²) in [7, 11) is 1.93. The molecule has 10 heteroatoms. The molecule has 1 saturated heterocycles. The van der Waals surface area contributed by atoms with Gasteiger partial charge in [-0.3, -0.25) is 14.5 Å². The van der Waals surface area contributed by atoms with Gasteiger partial charge in [0.25, 0.3) is 5.91 Å². The molecule has 0 bridgehead atoms. The number of aromatic nitrogens is 1. The van der Waals surface area contributed by atoms with Gasteiger partial charge >= 0.3 is 12.5 Å². The fourth-order valence-corrected chi connectivity index (χ4v) is 4.33. The van der Waals surface area contributed by atoms with Crippen LogP contribution in [0.3, 0.4) is 0 Å². The van der Waals surface area contributed by atoms with E-state index in [2.05, 4.69) is 0 Å². The van der Waals surface area contributed by atoms with Gasteiger partial charge in [0.05, 0.1) is 13.1 Å². The molecule has 1 aliphatic rings. The average Bonchev–Trinajstić information content (AvgIpc) is 3.26. The Balaban J connectivity index is 1.58. The quantitative estimate of drug-likeness (QED) is 0.486. The Morgan fingerprint density at radius 3 is 2.47 bits per heavy atom. The number of nitrogens with zero attached hydrogens (tertiary/aromatic N) is 3. The van der Waals surface area contributed by atoms with Crippen LogP contribution in [-0.2, 0) is 18.4 Å². The van der Waals surface area contributed by atoms with E-state index >= 15 is 4.39 Å². The highest BCUT2D eigenvalue weighted by atomic mass is 19.3. The second kappa shape index (κ2) is 10.8. The second-order valence-corrected chi connectivity index (χ2v) is 8.83. The average molecular weight is 501 g/mol. The van der Waals surface area contributed by atoms with Crippen LogP contribution in [0.1, 0.15) is 35.2 Å². The number of hydrogen-bond donors (Lipinski definition) is 1. The van der Waals surface area contributed by atoms with Crippen LogP contribution in [0.2, 0.25) is 0 Å². The standard InChI is InChI=1S/C26H27F3N4O3/c1-31-12-9-17-13-20(7-8-22(17)31)33(26(36)32-10-3-2-4-11-32)16-19-6-5-18(14-21(19)27)23(34)15-30-25(35)24(28)29/h5-9,12-14,24H,2-4,10-11,15-16H2,1H3,(H,30,35). The molecular formula is C26H27F3N4O3. The molecule has 1 fully saturated rings. The highest BCUT2D eigenvalue weighted by Crippen LogP contribution is 2.27. The lowest BCUT2D eigenvalue weighted by molar-refractivity contribution is -0.131. The number of nitrogens with one attached hydrogen (secondary N) is 1. The summed E-state index contributed by atoms with van der Waals surface area (Å²) in [4.78, 5) is 40.0. The molecular weight excluding hydrogens is 473 g/mol. The Labute approximate surface area is 206 Å². The van der Waals surface area contributed by atoms with Gasteiger partial charge in [0.2, 0.25) is 0 Å². The molecule has 2 heterocycles. The zero-order valence-corrected chi connectivity index (χ0v) is 19.8. The van der Waals surface area contributed by atoms with Gasteiger partial charge in [-0.15, -0.1) is 0 Å². The normalized spacial score (nSPS) is 13.8. The van der Waals surface area contributed by atoms with Crippen molar-refractivity contribution in [1.82, 2.24) is 14.8 Å². The maximum atomic E-state index is 15.1. The molecule has 0 radical (unpaired) electrons. The first-order valence-corrected chi connectivity index (χ1v) is 11.7. The van der Waals surface area contributed by atoms with E-state index in [4.69, 9.17) is 0 Å². The number of halogens is 3. The maximum Gasteiger partial charge on any atom is 0.324 e. The zero-order valence-electron chi connectivity index (χ0n) is 19.8. The van der Waals surface area contributed by atoms with Crippen LogP contribution in [0.15, 0.2) is 48.7 Å². The van der Waals surface area contributed by atoms with E-state index < -0.39 is 30.5 Å². The fourth-order valence-electron chi connectivity index (χ4n) is 4.33. The fraction of sp³-hybridized carbons (Fsp3) is 0.346. The number of alkyl halides is 2. The van der Waals surface area contributed by atoms with Gasteiger partial charge in [-0.25, -0.2) is 9.18 Å². The number of carbonyl (C=O) groups is 3. The van der Waals surface area contributed by atoms with Crippen LogP contribution >= 0.6 is 0 Å². The van der Waals surface area contributed by atoms with Crippen LogP contribution in [0.5, 0.6) is 0 Å². The molecule has 0 saturated carbocycles. The smallest absolute Gasteiger partial charge is 0.324 e. The van der Waals surface area contributed by atoms with Gasteiger partial charge in [-0.05, 0) is 49.6 Å². The third-order valence-electron chi connectivity index (χ3n) is 6.36. The van der Waals surface area contributed by atoms with Gasteiger partial charge in [0, 0.05) is 54.1 Å². The van der Waals surface area contributed by atoms with Gasteiger partial charge in [0.1, 0.15) is 5.82 Å². The van der Waals surface area contributed by atoms with Crippen molar-refractivity contribution in [3.05, 3.63) is 65.6 Å². The van der Waals surface area contributed by atoms with Crippen molar-refractivity contribution in [1.29, 1.82) is 0 Å². The highest BCUT2D eigenvalue weighted by molar-refractivity contribution is 5.99. The molecule has 0 atom stereocenters. The Bertz CT molecular complexity index is 1280. The Kier molecular flexibility index (Phi) is 7.61. The topological polar surface area (TPSA) is 74.6 Å². The Morgan fingerprint density at radius 2 is 1.78 bits per heavy atom. The summed E-state index contributed by atoms with van der Waals surface area (Å²) in [5.74, 6) is -2.98. The number of amides is 3. The van der Waals surface area contributed by atoms with Gasteiger partial charge in [-0.2, -0.15) is 8.78 Å². The van der Waals surface area contributed by atoms with E-state index in [9.17, 15) is 23.2 Å². The number of anilines is 1. The van der Waals surface area contributed by atoms with Crippen LogP contribution in [0, 0.1) is 5.82 Å². The molecule has 2 aromatic carbocycles. The van der Waals surface area contributed by atoms with Crippen molar-refractivity contribution < 1.29 is 27.6 Å². The lowest BCUT2D eigenvalue weighted by Crippen LogP contribution is -2.45. The molecule has 0 aliphatic carbocycles. The highest BCUT2D eigenvalue weighted by Gasteiger charge is 2.26. The number of ketones is 1. The lowest BCUT2D eigenvalue weighted by atomic mass is 10.1. The molecule has 3 amide bonds. The first-order valence-electron chi connectivity index (χ1n) is 11.7. The zero-order chi connectivity index (χ0) is 25.8. The molecule has 36 heavy (non-hydrogen) atoms. The third-order valence-corrected chi connectivity index (χ3v) is 6.36. The van der Waals surface area contributed by atoms with Crippen molar-refractivity contribution in [3.63, 3.8) is 0 Å². The first-order chi connectivity index (χ1) is 17.2. The van der Waals surface area contributed by atoms with Crippen LogP contribution in [-0.4, -0.2) is 53.2 Å². The van der Waals surface area contributed by atoms with Crippen molar-refractivity contribution in [2.75, 3.05) is 24.5 Å². The Morgan fingerprint density at radius 1 is 1.03 bits per heavy atom. The van der Waals surface area contributed by atoms with Crippen molar-refractivity contribution >= 4 is 34.3 Å². The molecule has 1 N–H and O–H groups in total. The molecule has 1 aliphatic heterocycles. The summed E-state index contributed by atoms with van der Waals surface area (Å²) in [6, 6.07) is 11.1. The maximum absolute atomic E-state index is 15.1. The van der Waals surface area contributed by atoms with E-state index in [1.54, 1.807) is 4.90 Å². The minimum absolute atomic E-state index is 0.0594. The number of rotatable bonds is 7. The summed E-state index contributed by atoms with van der Waals surface area (Å²) in [5.41, 5.74) is 1.75. The largest absolute Gasteiger partial charge is 0.351 e. The minimum Gasteiger partial charge on any atom is -0.351 e. The summed E-state index contributed by atoms with van der Waals surface area (Å²) in [6.45, 7) is 0.529. The molecule has 0 unspecified atom stereocenters. The minimum atomic E-state index is -3.24. The third kappa shape index (κ3) is 5.53. The van der Waals surface area contributed by atoms with E-state index in [-0.39, 0.29) is 23.7 Å². The summed E-state index contributed by atoms with van der Waals surface area (Å²) in [5, 5.41) is 2.76. The summed E-state index contributed by atoms with van der Waals surface area (Å²) in [6.07, 6.45) is 1.55. The monoisotopic (exact) mass is 500 g/mol. The number of piperidine rings is 1. The van der Waals surface area contributed by atoms with Crippen molar-refractivity contribution in [2.45, 2.75) is 32.2 Å². The van der Waals surface area contributed by atoms with Crippen LogP contribution in [0.4, 0.5) is 23.7 Å². The van der Waals surface area contributed by atoms with Crippen LogP contribution in [0.25, 0.3) is 10.9 Å². The number of aryl methyl sites for hydroxylation is 1. The van der Waals surface area contributed by atoms with Crippen molar-refractivity contribution in [3.8, 4) is 0 Å². The molecule has 1 aromatic heterocycles. The molecule has 7 nitrogen and oxygen atoms in total. The van der Waals surface area contributed by atoms with E-state index in [1.165, 1.54) is 17.0 Å². The molecule has 0 spiro atoms. The van der Waals surface area contributed by atoms with Crippen molar-refractivity contribution in [2.24, 2.45) is 7.05 Å². The number of carbonyl (C=O) groups excluding carboxylic acids is 3. The van der Waals surface area contributed by atoms with Gasteiger partial charge < -0.3 is 14.8 Å². The number of likely N-dealkylation sites (tertiary alicyclic amines) is 1. The summed E-state index contributed by atoms with van der Waals surface area (Å²) >= 11 is 0. The number of Topliss-reactive ketones (excluding diaryl/α,β-unsaturated/α-hetero) is 1. The molecule has 190 valence electrons. The predicted molar refractivity (Wildman–Crippen MR) is 130 cm³/mol. The molecule has 3 aromatic rings. The lowest BCUT2D eigenvalue weighted by Gasteiger charge is -2.33. The Hall–Kier alpha value is -3.82. The van der Waals surface area contributed by atoms with E-state index in [1.807, 2.05) is 47.4 Å². The number of fused-ring (bicyclic) bond motifs is 1. The van der Waals surface area contributed by atoms with Gasteiger partial charge in [0.15, 0.2) is 5.78 Å². The summed E-state index contributed by atoms with van der Waals surface area (Å²) < 4.78 is 41.7. The predicted octanol–water partition coefficient (Wildman–Crippen LogP) is 4.49. The van der Waals surface area contributed by atoms with E-state index in [0.29, 0.717) is 18.8 Å². The number of benzene rings is 2. The van der Waals surface area contributed by atoms with E-state index in [0.717, 1.165) is 36.2 Å². The van der Waals surface area contributed by atoms with Crippen LogP contribution < -0.4 is 10.2 Å². The first kappa shape index (κ1) is 25.3. The number of hydrogen-bond acceptors (Lipinski definition) is 3. The molecule has 4 rings (SSSR count). The number of urea groups is 1. The van der Waals surface area contributed by atoms with Gasteiger partial charge in [-0.1, -0.05) is 12.1 Å². The SMILES string of the molecule is Cn1ccc2cc(N(Cc3ccc(C(=O)CNC(=O)C(F)F)cc3F)C(=O)N3CCCCC3)ccc21. The second-order valence-electron chi connectivity index (χ2n) is 8.83.